The van der Waals surface area contributed by atoms with Gasteiger partial charge in [0.05, 0.1) is 0 Å². The smallest absolute Gasteiger partial charge is 0.266 e. The molecule has 4 rings (SSSR count). The molecule has 1 aromatic heterocycles. The summed E-state index contributed by atoms with van der Waals surface area (Å²) in [5.41, 5.74) is 3.01. The van der Waals surface area contributed by atoms with Crippen molar-refractivity contribution in [3.63, 3.8) is 0 Å². The van der Waals surface area contributed by atoms with Crippen LogP contribution in [0.3, 0.4) is 0 Å². The van der Waals surface area contributed by atoms with Crippen molar-refractivity contribution in [3.05, 3.63) is 100.0 Å². The van der Waals surface area contributed by atoms with Crippen LogP contribution in [0.2, 0.25) is 0 Å². The number of aryl methyl sites for hydroxylation is 1. The van der Waals surface area contributed by atoms with Crippen molar-refractivity contribution >= 4 is 10.8 Å². The first-order valence-electron chi connectivity index (χ1n) is 8.99. The lowest BCUT2D eigenvalue weighted by atomic mass is 10.0. The van der Waals surface area contributed by atoms with Crippen molar-refractivity contribution in [3.8, 4) is 22.9 Å². The van der Waals surface area contributed by atoms with Gasteiger partial charge in [0.1, 0.15) is 24.0 Å². The largest absolute Gasteiger partial charge is 0.489 e. The Labute approximate surface area is 162 Å². The lowest BCUT2D eigenvalue weighted by Gasteiger charge is -2.09. The van der Waals surface area contributed by atoms with Gasteiger partial charge in [0.2, 0.25) is 0 Å². The standard InChI is InChI=1S/C24H18N2O2/c1-16-12-22(23(14-25)24(27)26-16)19-8-10-21(11-9-19)28-15-17-6-7-18-4-2-3-5-20(18)13-17/h2-13H,15H2,1H3,(H,26,27). The second-order valence-electron chi connectivity index (χ2n) is 6.68. The summed E-state index contributed by atoms with van der Waals surface area (Å²) in [6.45, 7) is 2.27. The van der Waals surface area contributed by atoms with Crippen molar-refractivity contribution in [1.29, 1.82) is 5.26 Å². The fourth-order valence-corrected chi connectivity index (χ4v) is 3.25. The summed E-state index contributed by atoms with van der Waals surface area (Å²) in [7, 11) is 0. The van der Waals surface area contributed by atoms with Crippen LogP contribution in [0.15, 0.2) is 77.6 Å². The number of hydrogen-bond acceptors (Lipinski definition) is 3. The van der Waals surface area contributed by atoms with E-state index in [1.165, 1.54) is 10.8 Å². The van der Waals surface area contributed by atoms with Crippen LogP contribution >= 0.6 is 0 Å². The lowest BCUT2D eigenvalue weighted by Crippen LogP contribution is -2.12. The van der Waals surface area contributed by atoms with Crippen LogP contribution in [0.5, 0.6) is 5.75 Å². The number of nitriles is 1. The van der Waals surface area contributed by atoms with Gasteiger partial charge in [0.25, 0.3) is 5.56 Å². The fourth-order valence-electron chi connectivity index (χ4n) is 3.25. The summed E-state index contributed by atoms with van der Waals surface area (Å²) in [5, 5.41) is 11.7. The number of pyridine rings is 1. The Morgan fingerprint density at radius 3 is 2.46 bits per heavy atom. The number of benzene rings is 3. The number of fused-ring (bicyclic) bond motifs is 1. The number of aromatic amines is 1. The molecule has 0 amide bonds. The second-order valence-corrected chi connectivity index (χ2v) is 6.68. The number of rotatable bonds is 4. The van der Waals surface area contributed by atoms with Gasteiger partial charge < -0.3 is 9.72 Å². The van der Waals surface area contributed by atoms with E-state index in [0.29, 0.717) is 12.2 Å². The number of hydrogen-bond donors (Lipinski definition) is 1. The minimum Gasteiger partial charge on any atom is -0.489 e. The van der Waals surface area contributed by atoms with Crippen molar-refractivity contribution in [1.82, 2.24) is 4.98 Å². The predicted octanol–water partition coefficient (Wildman–Crippen LogP) is 4.95. The predicted molar refractivity (Wildman–Crippen MR) is 110 cm³/mol. The molecule has 4 nitrogen and oxygen atoms in total. The van der Waals surface area contributed by atoms with E-state index in [0.717, 1.165) is 22.6 Å². The lowest BCUT2D eigenvalue weighted by molar-refractivity contribution is 0.306. The van der Waals surface area contributed by atoms with Gasteiger partial charge in [0.15, 0.2) is 0 Å². The molecule has 0 saturated heterocycles. The first-order chi connectivity index (χ1) is 13.6. The van der Waals surface area contributed by atoms with Crippen molar-refractivity contribution in [2.75, 3.05) is 0 Å². The molecule has 0 spiro atoms. The molecule has 0 saturated carbocycles. The van der Waals surface area contributed by atoms with Crippen LogP contribution in [0.4, 0.5) is 0 Å². The maximum absolute atomic E-state index is 12.0. The summed E-state index contributed by atoms with van der Waals surface area (Å²) < 4.78 is 5.90. The zero-order chi connectivity index (χ0) is 19.5. The van der Waals surface area contributed by atoms with Crippen molar-refractivity contribution in [2.24, 2.45) is 0 Å². The molecule has 0 fully saturated rings. The highest BCUT2D eigenvalue weighted by Crippen LogP contribution is 2.25. The normalized spacial score (nSPS) is 10.6. The van der Waals surface area contributed by atoms with E-state index in [4.69, 9.17) is 4.74 Å². The third-order valence-electron chi connectivity index (χ3n) is 4.66. The number of ether oxygens (including phenoxy) is 1. The summed E-state index contributed by atoms with van der Waals surface area (Å²) in [6.07, 6.45) is 0. The Hall–Kier alpha value is -3.84. The average molecular weight is 366 g/mol. The van der Waals surface area contributed by atoms with Crippen molar-refractivity contribution in [2.45, 2.75) is 13.5 Å². The van der Waals surface area contributed by atoms with Gasteiger partial charge in [-0.2, -0.15) is 5.26 Å². The van der Waals surface area contributed by atoms with Gasteiger partial charge in [-0.3, -0.25) is 4.79 Å². The number of H-pyrrole nitrogens is 1. The van der Waals surface area contributed by atoms with E-state index in [1.807, 2.05) is 48.5 Å². The maximum atomic E-state index is 12.0. The number of nitrogens with zero attached hydrogens (tertiary/aromatic N) is 1. The zero-order valence-corrected chi connectivity index (χ0v) is 15.4. The van der Waals surface area contributed by atoms with Crippen LogP contribution in [-0.2, 0) is 6.61 Å². The van der Waals surface area contributed by atoms with E-state index in [1.54, 1.807) is 6.92 Å². The van der Waals surface area contributed by atoms with Gasteiger partial charge in [-0.1, -0.05) is 48.5 Å². The summed E-state index contributed by atoms with van der Waals surface area (Å²) >= 11 is 0. The Kier molecular flexibility index (Phi) is 4.65. The van der Waals surface area contributed by atoms with Gasteiger partial charge in [-0.05, 0) is 53.1 Å². The van der Waals surface area contributed by atoms with Crippen LogP contribution < -0.4 is 10.3 Å². The van der Waals surface area contributed by atoms with Gasteiger partial charge in [0, 0.05) is 11.3 Å². The molecule has 4 aromatic rings. The van der Waals surface area contributed by atoms with Crippen LogP contribution in [0, 0.1) is 18.3 Å². The molecule has 0 unspecified atom stereocenters. The van der Waals surface area contributed by atoms with Gasteiger partial charge >= 0.3 is 0 Å². The monoisotopic (exact) mass is 366 g/mol. The number of nitrogens with one attached hydrogen (secondary N) is 1. The second kappa shape index (κ2) is 7.42. The summed E-state index contributed by atoms with van der Waals surface area (Å²) in [6, 6.07) is 25.8. The third-order valence-corrected chi connectivity index (χ3v) is 4.66. The molecule has 0 aliphatic carbocycles. The van der Waals surface area contributed by atoms with Crippen LogP contribution in [-0.4, -0.2) is 4.98 Å². The molecule has 0 atom stereocenters. The van der Waals surface area contributed by atoms with E-state index in [9.17, 15) is 10.1 Å². The zero-order valence-electron chi connectivity index (χ0n) is 15.4. The van der Waals surface area contributed by atoms with E-state index < -0.39 is 0 Å². The molecule has 3 aromatic carbocycles. The Morgan fingerprint density at radius 2 is 1.71 bits per heavy atom. The van der Waals surface area contributed by atoms with Crippen LogP contribution in [0.1, 0.15) is 16.8 Å². The summed E-state index contributed by atoms with van der Waals surface area (Å²) in [5.74, 6) is 0.733. The van der Waals surface area contributed by atoms with E-state index >= 15 is 0 Å². The number of aromatic nitrogens is 1. The Bertz CT molecular complexity index is 1250. The summed E-state index contributed by atoms with van der Waals surface area (Å²) in [4.78, 5) is 14.6. The molecule has 1 N–H and O–H groups in total. The quantitative estimate of drug-likeness (QED) is 0.555. The van der Waals surface area contributed by atoms with Gasteiger partial charge in [-0.25, -0.2) is 0 Å². The highest BCUT2D eigenvalue weighted by atomic mass is 16.5. The van der Waals surface area contributed by atoms with Crippen LogP contribution in [0.25, 0.3) is 21.9 Å². The fraction of sp³-hybridized carbons (Fsp3) is 0.0833. The molecule has 0 aliphatic heterocycles. The molecule has 4 heteroatoms. The molecule has 0 aliphatic rings. The molecule has 1 heterocycles. The topological polar surface area (TPSA) is 65.9 Å². The first kappa shape index (κ1) is 17.6. The Morgan fingerprint density at radius 1 is 0.964 bits per heavy atom. The average Bonchev–Trinajstić information content (AvgIpc) is 2.72. The van der Waals surface area contributed by atoms with E-state index in [2.05, 4.69) is 35.3 Å². The maximum Gasteiger partial charge on any atom is 0.266 e. The minimum absolute atomic E-state index is 0.121. The highest BCUT2D eigenvalue weighted by molar-refractivity contribution is 5.83. The molecule has 0 bridgehead atoms. The molecule has 28 heavy (non-hydrogen) atoms. The molecule has 0 radical (unpaired) electrons. The van der Waals surface area contributed by atoms with Gasteiger partial charge in [-0.15, -0.1) is 0 Å². The van der Waals surface area contributed by atoms with E-state index in [-0.39, 0.29) is 11.1 Å². The highest BCUT2D eigenvalue weighted by Gasteiger charge is 2.10. The molecular weight excluding hydrogens is 348 g/mol. The van der Waals surface area contributed by atoms with Crippen molar-refractivity contribution < 1.29 is 4.74 Å². The first-order valence-corrected chi connectivity index (χ1v) is 8.99. The Balaban J connectivity index is 1.54. The molecule has 136 valence electrons. The SMILES string of the molecule is Cc1cc(-c2ccc(OCc3ccc4ccccc4c3)cc2)c(C#N)c(=O)[nH]1. The minimum atomic E-state index is -0.367. The molecular formula is C24H18N2O2. The third kappa shape index (κ3) is 3.51.